The van der Waals surface area contributed by atoms with Crippen molar-refractivity contribution in [2.45, 2.75) is 57.7 Å². The molecule has 17 nitrogen and oxygen atoms in total. The molecule has 3 aromatic heterocycles. The minimum absolute atomic E-state index is 0. The summed E-state index contributed by atoms with van der Waals surface area (Å²) in [7, 11) is 3.76. The predicted molar refractivity (Wildman–Crippen MR) is 241 cm³/mol. The van der Waals surface area contributed by atoms with Crippen LogP contribution in [-0.4, -0.2) is 96.7 Å². The summed E-state index contributed by atoms with van der Waals surface area (Å²) < 4.78 is 16.0. The number of ether oxygens (including phenoxy) is 2. The van der Waals surface area contributed by atoms with Crippen LogP contribution < -0.4 is 49.3 Å². The fourth-order valence-corrected chi connectivity index (χ4v) is 7.58. The lowest BCUT2D eigenvalue weighted by molar-refractivity contribution is -0.933. The van der Waals surface area contributed by atoms with Crippen molar-refractivity contribution in [2.75, 3.05) is 50.9 Å². The highest BCUT2D eigenvalue weighted by molar-refractivity contribution is 6.31. The molecule has 1 atom stereocenters. The van der Waals surface area contributed by atoms with Crippen LogP contribution in [0.15, 0.2) is 73.6 Å². The SMILES string of the molecule is Cl.Cl.Cn1cncc1CNC(=O)COc1ccc(CCC[N+]2(CCCc3ccc(OCC(=O)NCc4cncn4C)cc3)CCC[C@H](NC(=O)c3nc(Cl)c(N)nc3N)C2)cc1.[Cl-]. The van der Waals surface area contributed by atoms with Gasteiger partial charge in [-0.15, -0.1) is 24.8 Å². The number of hydrogen-bond donors (Lipinski definition) is 5. The van der Waals surface area contributed by atoms with Gasteiger partial charge < -0.3 is 62.9 Å². The highest BCUT2D eigenvalue weighted by Crippen LogP contribution is 2.25. The Morgan fingerprint density at radius 1 is 0.778 bits per heavy atom. The summed E-state index contributed by atoms with van der Waals surface area (Å²) in [6.45, 7) is 4.20. The first-order valence-electron chi connectivity index (χ1n) is 20.1. The molecule has 1 fully saturated rings. The second-order valence-electron chi connectivity index (χ2n) is 15.3. The van der Waals surface area contributed by atoms with Crippen molar-refractivity contribution in [1.82, 2.24) is 45.0 Å². The van der Waals surface area contributed by atoms with Crippen molar-refractivity contribution in [3.8, 4) is 11.5 Å². The van der Waals surface area contributed by atoms with E-state index in [9.17, 15) is 14.4 Å². The summed E-state index contributed by atoms with van der Waals surface area (Å²) >= 11 is 6.08. The molecule has 1 aliphatic heterocycles. The van der Waals surface area contributed by atoms with Crippen molar-refractivity contribution >= 4 is 65.8 Å². The van der Waals surface area contributed by atoms with E-state index in [1.165, 1.54) is 11.1 Å². The summed E-state index contributed by atoms with van der Waals surface area (Å²) in [6, 6.07) is 15.6. The van der Waals surface area contributed by atoms with Gasteiger partial charge in [-0.05, 0) is 61.1 Å². The lowest BCUT2D eigenvalue weighted by Gasteiger charge is -2.45. The van der Waals surface area contributed by atoms with Crippen LogP contribution in [0.25, 0.3) is 0 Å². The van der Waals surface area contributed by atoms with Crippen LogP contribution in [-0.2, 0) is 49.6 Å². The Bertz CT molecular complexity index is 2110. The Kier molecular flexibility index (Phi) is 20.7. The fourth-order valence-electron chi connectivity index (χ4n) is 7.45. The third-order valence-electron chi connectivity index (χ3n) is 10.8. The molecule has 0 radical (unpaired) electrons. The fraction of sp³-hybridized carbons (Fsp3) is 0.405. The minimum Gasteiger partial charge on any atom is -1.00 e. The number of amides is 3. The number of carbonyl (C=O) groups excluding carboxylic acids is 3. The molecule has 342 valence electrons. The molecule has 2 aromatic carbocycles. The van der Waals surface area contributed by atoms with Gasteiger partial charge in [-0.2, -0.15) is 0 Å². The van der Waals surface area contributed by atoms with Crippen LogP contribution in [0.1, 0.15) is 58.7 Å². The molecule has 0 saturated carbocycles. The number of halogens is 4. The number of aryl methyl sites for hydroxylation is 4. The molecular formula is C42H56Cl4N12O5. The number of hydrogen-bond acceptors (Lipinski definition) is 11. The Morgan fingerprint density at radius 2 is 1.27 bits per heavy atom. The number of imidazole rings is 2. The normalized spacial score (nSPS) is 13.9. The molecule has 0 aliphatic carbocycles. The number of nitrogens with two attached hydrogens (primary N) is 2. The third kappa shape index (κ3) is 15.5. The molecule has 0 bridgehead atoms. The lowest BCUT2D eigenvalue weighted by atomic mass is 9.99. The number of piperidine rings is 1. The minimum atomic E-state index is -0.423. The van der Waals surface area contributed by atoms with Gasteiger partial charge in [0.15, 0.2) is 35.7 Å². The average Bonchev–Trinajstić information content (AvgIpc) is 3.86. The number of carbonyl (C=O) groups is 3. The Balaban J connectivity index is 0.00000352. The maximum Gasteiger partial charge on any atom is 0.274 e. The zero-order valence-corrected chi connectivity index (χ0v) is 38.4. The van der Waals surface area contributed by atoms with Crippen molar-refractivity contribution in [1.29, 1.82) is 0 Å². The number of nitrogens with one attached hydrogen (secondary N) is 3. The molecule has 3 amide bonds. The summed E-state index contributed by atoms with van der Waals surface area (Å²) in [5.74, 6) is 0.326. The number of quaternary nitrogens is 1. The number of benzene rings is 2. The topological polar surface area (TPSA) is 219 Å². The standard InChI is InChI=1S/C42H53ClN12O5.3ClH/c1-53-27-46-20-32(53)22-48-36(56)25-59-34-13-9-29(10-14-34)6-3-17-55(19-5-8-31(24-55)50-42(58)38-40(44)52-41(45)39(43)51-38)18-4-7-30-11-15-35(16-12-30)60-26-37(57)49-23-33-21-47-28-54(33)2;;;/h9-16,20-21,27-28,31H,3-8,17-19,22-26H2,1-2H3,(H6-,44,45,48,49,50,52,56,57,58);3*1H/t31-;;;/m0.../s1. The molecule has 1 aliphatic rings. The van der Waals surface area contributed by atoms with Gasteiger partial charge >= 0.3 is 0 Å². The number of aromatic nitrogens is 6. The van der Waals surface area contributed by atoms with Gasteiger partial charge in [-0.3, -0.25) is 14.4 Å². The number of nitrogen functional groups attached to an aromatic ring is 2. The maximum atomic E-state index is 13.3. The molecule has 21 heteroatoms. The van der Waals surface area contributed by atoms with Crippen molar-refractivity contribution < 1.29 is 40.7 Å². The number of anilines is 2. The van der Waals surface area contributed by atoms with Crippen molar-refractivity contribution in [2.24, 2.45) is 14.1 Å². The van der Waals surface area contributed by atoms with Crippen LogP contribution in [0.4, 0.5) is 11.6 Å². The van der Waals surface area contributed by atoms with E-state index < -0.39 is 5.91 Å². The highest BCUT2D eigenvalue weighted by atomic mass is 35.5. The number of nitrogens with zero attached hydrogens (tertiary/aromatic N) is 7. The van der Waals surface area contributed by atoms with E-state index in [0.717, 1.165) is 80.6 Å². The molecular weight excluding hydrogens is 894 g/mol. The zero-order chi connectivity index (χ0) is 42.5. The molecule has 6 rings (SSSR count). The molecule has 0 unspecified atom stereocenters. The summed E-state index contributed by atoms with van der Waals surface area (Å²) in [5.41, 5.74) is 15.9. The van der Waals surface area contributed by atoms with E-state index in [2.05, 4.69) is 35.9 Å². The van der Waals surface area contributed by atoms with E-state index in [0.29, 0.717) is 24.6 Å². The van der Waals surface area contributed by atoms with Gasteiger partial charge in [0.05, 0.1) is 69.4 Å². The van der Waals surface area contributed by atoms with Gasteiger partial charge in [0.1, 0.15) is 11.5 Å². The number of rotatable bonds is 20. The van der Waals surface area contributed by atoms with E-state index in [1.807, 2.05) is 71.8 Å². The first-order valence-corrected chi connectivity index (χ1v) is 20.4. The van der Waals surface area contributed by atoms with Gasteiger partial charge in [0.25, 0.3) is 17.7 Å². The predicted octanol–water partition coefficient (Wildman–Crippen LogP) is 0.974. The molecule has 4 heterocycles. The Labute approximate surface area is 390 Å². The second-order valence-corrected chi connectivity index (χ2v) is 15.6. The van der Waals surface area contributed by atoms with Gasteiger partial charge in [-0.1, -0.05) is 35.9 Å². The first kappa shape index (κ1) is 52.0. The molecule has 7 N–H and O–H groups in total. The summed E-state index contributed by atoms with van der Waals surface area (Å²) in [4.78, 5) is 54.2. The molecule has 5 aromatic rings. The Hall–Kier alpha value is -5.33. The van der Waals surface area contributed by atoms with E-state index in [4.69, 9.17) is 32.5 Å². The van der Waals surface area contributed by atoms with Gasteiger partial charge in [0, 0.05) is 39.3 Å². The van der Waals surface area contributed by atoms with Crippen LogP contribution in [0, 0.1) is 0 Å². The average molecular weight is 951 g/mol. The van der Waals surface area contributed by atoms with Crippen LogP contribution in [0.5, 0.6) is 11.5 Å². The maximum absolute atomic E-state index is 13.3. The highest BCUT2D eigenvalue weighted by Gasteiger charge is 2.35. The quantitative estimate of drug-likeness (QED) is 0.0693. The monoisotopic (exact) mass is 948 g/mol. The zero-order valence-electron chi connectivity index (χ0n) is 35.3. The van der Waals surface area contributed by atoms with Gasteiger partial charge in [-0.25, -0.2) is 19.9 Å². The van der Waals surface area contributed by atoms with Crippen LogP contribution >= 0.6 is 36.4 Å². The smallest absolute Gasteiger partial charge is 0.274 e. The van der Waals surface area contributed by atoms with E-state index >= 15 is 0 Å². The number of likely N-dealkylation sites (tertiary alicyclic amines) is 1. The third-order valence-corrected chi connectivity index (χ3v) is 11.1. The second kappa shape index (κ2) is 25.1. The largest absolute Gasteiger partial charge is 1.00 e. The van der Waals surface area contributed by atoms with Crippen LogP contribution in [0.3, 0.4) is 0 Å². The first-order chi connectivity index (χ1) is 28.9. The summed E-state index contributed by atoms with van der Waals surface area (Å²) in [5, 5.41) is 8.79. The van der Waals surface area contributed by atoms with Gasteiger partial charge in [0.2, 0.25) is 0 Å². The lowest BCUT2D eigenvalue weighted by Crippen LogP contribution is -3.00. The summed E-state index contributed by atoms with van der Waals surface area (Å²) in [6.07, 6.45) is 12.2. The molecule has 0 spiro atoms. The Morgan fingerprint density at radius 3 is 1.73 bits per heavy atom. The molecule has 1 saturated heterocycles. The van der Waals surface area contributed by atoms with Crippen molar-refractivity contribution in [3.05, 3.63) is 107 Å². The van der Waals surface area contributed by atoms with Crippen molar-refractivity contribution in [3.63, 3.8) is 0 Å². The van der Waals surface area contributed by atoms with E-state index in [1.54, 1.807) is 25.0 Å². The van der Waals surface area contributed by atoms with E-state index in [-0.39, 0.29) is 90.8 Å². The molecule has 63 heavy (non-hydrogen) atoms. The van der Waals surface area contributed by atoms with Crippen LogP contribution in [0.2, 0.25) is 5.15 Å².